The van der Waals surface area contributed by atoms with Crippen molar-refractivity contribution < 1.29 is 4.74 Å². The molecular formula is C24H44IN5O. The summed E-state index contributed by atoms with van der Waals surface area (Å²) in [6.07, 6.45) is 2.34. The molecule has 1 aliphatic rings. The monoisotopic (exact) mass is 545 g/mol. The summed E-state index contributed by atoms with van der Waals surface area (Å²) >= 11 is 0. The van der Waals surface area contributed by atoms with Gasteiger partial charge in [0.1, 0.15) is 0 Å². The van der Waals surface area contributed by atoms with Crippen LogP contribution in [0, 0.1) is 6.92 Å². The number of guanidine groups is 1. The van der Waals surface area contributed by atoms with Crippen molar-refractivity contribution in [1.82, 2.24) is 20.4 Å². The predicted molar refractivity (Wildman–Crippen MR) is 143 cm³/mol. The van der Waals surface area contributed by atoms with Crippen molar-refractivity contribution in [2.45, 2.75) is 52.6 Å². The summed E-state index contributed by atoms with van der Waals surface area (Å²) in [5.74, 6) is 0.885. The molecule has 1 fully saturated rings. The second kappa shape index (κ2) is 15.8. The van der Waals surface area contributed by atoms with Crippen LogP contribution in [0.5, 0.6) is 0 Å². The smallest absolute Gasteiger partial charge is 0.191 e. The minimum absolute atomic E-state index is 0. The lowest BCUT2D eigenvalue weighted by Crippen LogP contribution is -2.48. The van der Waals surface area contributed by atoms with Crippen molar-refractivity contribution in [2.75, 3.05) is 59.5 Å². The van der Waals surface area contributed by atoms with E-state index in [0.717, 1.165) is 64.9 Å². The van der Waals surface area contributed by atoms with Gasteiger partial charge < -0.3 is 20.3 Å². The van der Waals surface area contributed by atoms with Gasteiger partial charge in [0.25, 0.3) is 0 Å². The topological polar surface area (TPSA) is 52.1 Å². The molecule has 2 atom stereocenters. The molecule has 0 radical (unpaired) electrons. The molecule has 0 bridgehead atoms. The number of rotatable bonds is 11. The molecule has 1 saturated heterocycles. The highest BCUT2D eigenvalue weighted by molar-refractivity contribution is 14.0. The van der Waals surface area contributed by atoms with Crippen LogP contribution in [0.3, 0.4) is 0 Å². The molecule has 1 aromatic carbocycles. The van der Waals surface area contributed by atoms with Crippen molar-refractivity contribution in [1.29, 1.82) is 0 Å². The number of aryl methyl sites for hydroxylation is 1. The Morgan fingerprint density at radius 3 is 2.39 bits per heavy atom. The zero-order valence-electron chi connectivity index (χ0n) is 20.2. The first kappa shape index (κ1) is 28.1. The maximum absolute atomic E-state index is 5.57. The van der Waals surface area contributed by atoms with Gasteiger partial charge in [0.05, 0.1) is 19.3 Å². The molecular weight excluding hydrogens is 501 g/mol. The van der Waals surface area contributed by atoms with Crippen LogP contribution in [0.2, 0.25) is 0 Å². The molecule has 0 amide bonds. The molecule has 0 aliphatic carbocycles. The standard InChI is InChI=1S/C24H43N5O.HI/c1-6-28(7-2)14-8-9-21(4)27-24(25-5)26-19-23(29-15-17-30-18-16-29)22-12-10-20(3)11-13-22;/h10-13,21,23H,6-9,14-19H2,1-5H3,(H2,25,26,27);1H. The summed E-state index contributed by atoms with van der Waals surface area (Å²) in [5.41, 5.74) is 2.64. The molecule has 1 aromatic rings. The Balaban J connectivity index is 0.00000480. The number of hydrogen-bond acceptors (Lipinski definition) is 4. The van der Waals surface area contributed by atoms with Crippen LogP contribution < -0.4 is 10.6 Å². The molecule has 2 rings (SSSR count). The van der Waals surface area contributed by atoms with E-state index in [0.29, 0.717) is 12.1 Å². The number of benzene rings is 1. The molecule has 0 spiro atoms. The molecule has 31 heavy (non-hydrogen) atoms. The molecule has 6 nitrogen and oxygen atoms in total. The van der Waals surface area contributed by atoms with Crippen molar-refractivity contribution in [3.05, 3.63) is 35.4 Å². The first-order valence-corrected chi connectivity index (χ1v) is 11.6. The van der Waals surface area contributed by atoms with Gasteiger partial charge in [-0.2, -0.15) is 0 Å². The summed E-state index contributed by atoms with van der Waals surface area (Å²) in [6, 6.07) is 9.62. The van der Waals surface area contributed by atoms with Gasteiger partial charge in [0.2, 0.25) is 0 Å². The molecule has 0 aromatic heterocycles. The van der Waals surface area contributed by atoms with E-state index in [2.05, 4.69) is 77.4 Å². The Bertz CT molecular complexity index is 615. The van der Waals surface area contributed by atoms with E-state index < -0.39 is 0 Å². The minimum atomic E-state index is 0. The zero-order chi connectivity index (χ0) is 21.8. The van der Waals surface area contributed by atoms with E-state index in [1.54, 1.807) is 0 Å². The summed E-state index contributed by atoms with van der Waals surface area (Å²) in [4.78, 5) is 9.47. The number of nitrogens with zero attached hydrogens (tertiary/aromatic N) is 3. The second-order valence-corrected chi connectivity index (χ2v) is 8.24. The summed E-state index contributed by atoms with van der Waals surface area (Å²) in [6.45, 7) is 16.6. The minimum Gasteiger partial charge on any atom is -0.379 e. The molecule has 1 aliphatic heterocycles. The van der Waals surface area contributed by atoms with Crippen LogP contribution in [0.4, 0.5) is 0 Å². The maximum atomic E-state index is 5.57. The van der Waals surface area contributed by atoms with E-state index in [9.17, 15) is 0 Å². The number of nitrogens with one attached hydrogen (secondary N) is 2. The van der Waals surface area contributed by atoms with Crippen LogP contribution >= 0.6 is 24.0 Å². The largest absolute Gasteiger partial charge is 0.379 e. The van der Waals surface area contributed by atoms with Gasteiger partial charge in [-0.05, 0) is 51.9 Å². The van der Waals surface area contributed by atoms with Crippen LogP contribution in [0.15, 0.2) is 29.3 Å². The Kier molecular flexibility index (Phi) is 14.4. The average molecular weight is 546 g/mol. The molecule has 0 saturated carbocycles. The quantitative estimate of drug-likeness (QED) is 0.253. The van der Waals surface area contributed by atoms with Gasteiger partial charge in [0, 0.05) is 32.7 Å². The lowest BCUT2D eigenvalue weighted by Gasteiger charge is -2.35. The predicted octanol–water partition coefficient (Wildman–Crippen LogP) is 3.66. The lowest BCUT2D eigenvalue weighted by molar-refractivity contribution is 0.0170. The maximum Gasteiger partial charge on any atom is 0.191 e. The Morgan fingerprint density at radius 1 is 1.16 bits per heavy atom. The summed E-state index contributed by atoms with van der Waals surface area (Å²) < 4.78 is 5.57. The number of aliphatic imine (C=N–C) groups is 1. The summed E-state index contributed by atoms with van der Waals surface area (Å²) in [7, 11) is 1.85. The fraction of sp³-hybridized carbons (Fsp3) is 0.708. The average Bonchev–Trinajstić information content (AvgIpc) is 2.78. The van der Waals surface area contributed by atoms with E-state index in [4.69, 9.17) is 4.74 Å². The van der Waals surface area contributed by atoms with Crippen molar-refractivity contribution in [3.63, 3.8) is 0 Å². The van der Waals surface area contributed by atoms with Gasteiger partial charge in [-0.1, -0.05) is 43.7 Å². The first-order chi connectivity index (χ1) is 14.6. The number of hydrogen-bond donors (Lipinski definition) is 2. The Labute approximate surface area is 207 Å². The van der Waals surface area contributed by atoms with Crippen LogP contribution in [0.25, 0.3) is 0 Å². The lowest BCUT2D eigenvalue weighted by atomic mass is 10.0. The van der Waals surface area contributed by atoms with Crippen molar-refractivity contribution in [2.24, 2.45) is 4.99 Å². The normalized spacial score (nSPS) is 17.2. The van der Waals surface area contributed by atoms with E-state index in [1.165, 1.54) is 17.5 Å². The fourth-order valence-corrected chi connectivity index (χ4v) is 3.99. The molecule has 7 heteroatoms. The highest BCUT2D eigenvalue weighted by atomic mass is 127. The van der Waals surface area contributed by atoms with E-state index in [1.807, 2.05) is 7.05 Å². The van der Waals surface area contributed by atoms with Gasteiger partial charge in [0.15, 0.2) is 5.96 Å². The third-order valence-electron chi connectivity index (χ3n) is 6.02. The van der Waals surface area contributed by atoms with Gasteiger partial charge in [-0.25, -0.2) is 0 Å². The van der Waals surface area contributed by atoms with Gasteiger partial charge in [-0.15, -0.1) is 24.0 Å². The molecule has 1 heterocycles. The molecule has 2 unspecified atom stereocenters. The Morgan fingerprint density at radius 2 is 1.81 bits per heavy atom. The van der Waals surface area contributed by atoms with E-state index in [-0.39, 0.29) is 24.0 Å². The SMILES string of the molecule is CCN(CC)CCCC(C)NC(=NC)NCC(c1ccc(C)cc1)N1CCOCC1.I. The van der Waals surface area contributed by atoms with Crippen molar-refractivity contribution >= 4 is 29.9 Å². The number of ether oxygens (including phenoxy) is 1. The molecule has 2 N–H and O–H groups in total. The summed E-state index contributed by atoms with van der Waals surface area (Å²) in [5, 5.41) is 7.15. The third kappa shape index (κ3) is 10.1. The highest BCUT2D eigenvalue weighted by Gasteiger charge is 2.23. The Hall–Kier alpha value is -0.900. The van der Waals surface area contributed by atoms with Gasteiger partial charge >= 0.3 is 0 Å². The fourth-order valence-electron chi connectivity index (χ4n) is 3.99. The van der Waals surface area contributed by atoms with Gasteiger partial charge in [-0.3, -0.25) is 9.89 Å². The van der Waals surface area contributed by atoms with Crippen LogP contribution in [0.1, 0.15) is 50.8 Å². The third-order valence-corrected chi connectivity index (χ3v) is 6.02. The van der Waals surface area contributed by atoms with Crippen LogP contribution in [-0.2, 0) is 4.74 Å². The van der Waals surface area contributed by atoms with E-state index >= 15 is 0 Å². The number of halogens is 1. The zero-order valence-corrected chi connectivity index (χ0v) is 22.5. The number of morpholine rings is 1. The van der Waals surface area contributed by atoms with Crippen molar-refractivity contribution in [3.8, 4) is 0 Å². The van der Waals surface area contributed by atoms with Crippen LogP contribution in [-0.4, -0.2) is 81.3 Å². The first-order valence-electron chi connectivity index (χ1n) is 11.6. The molecule has 178 valence electrons. The second-order valence-electron chi connectivity index (χ2n) is 8.24. The highest BCUT2D eigenvalue weighted by Crippen LogP contribution is 2.21.